The van der Waals surface area contributed by atoms with Crippen molar-refractivity contribution >= 4 is 135 Å². The van der Waals surface area contributed by atoms with Gasteiger partial charge in [-0.1, -0.05) is 67.2 Å². The molecule has 3 aromatic carbocycles. The number of hydrogen-bond donors (Lipinski definition) is 6. The second-order valence-corrected chi connectivity index (χ2v) is 27.0. The van der Waals surface area contributed by atoms with E-state index in [1.54, 1.807) is 105 Å². The van der Waals surface area contributed by atoms with Crippen LogP contribution < -0.4 is 33.2 Å². The smallest absolute Gasteiger partial charge is 0.313 e. The summed E-state index contributed by atoms with van der Waals surface area (Å²) in [5.41, 5.74) is 32.3. The zero-order valence-electron chi connectivity index (χ0n) is 55.1. The van der Waals surface area contributed by atoms with E-state index in [-0.39, 0.29) is 61.6 Å². The van der Waals surface area contributed by atoms with Gasteiger partial charge in [-0.05, 0) is 127 Å². The van der Waals surface area contributed by atoms with Gasteiger partial charge in [0, 0.05) is 58.7 Å². The fourth-order valence-electron chi connectivity index (χ4n) is 12.8. The highest BCUT2D eigenvalue weighted by molar-refractivity contribution is 7.17. The van der Waals surface area contributed by atoms with E-state index < -0.39 is 35.4 Å². The zero-order valence-corrected chi connectivity index (χ0v) is 57.6. The van der Waals surface area contributed by atoms with Gasteiger partial charge >= 0.3 is 35.4 Å². The molecule has 9 heterocycles. The Morgan fingerprint density at radius 3 is 0.959 bits per heavy atom. The number of likely N-dealkylation sites (tertiary alicyclic amines) is 3. The largest absolute Gasteiger partial charge is 0.383 e. The third-order valence-electron chi connectivity index (χ3n) is 18.3. The summed E-state index contributed by atoms with van der Waals surface area (Å²) in [6.45, 7) is 13.2. The number of pyridine rings is 3. The standard InChI is InChI=1S/3C23H27N5O3S.CH4/c3*1-4-14-7-16(10-25-21(14)24)27-22(29)23(30)28-11-13(2)19(31-3)9-18(28)15-5-6-20-17(8-15)26-12-32-20;/h3*5-8,10,12-13,18-19H,4,9,11H2,1-3H3,(H2,24,25)(H,27,29);1H4/t13-,18-,19?;2*13-,18-,19+;/m010./s1. The van der Waals surface area contributed by atoms with Crippen LogP contribution in [0.1, 0.15) is 120 Å². The lowest BCUT2D eigenvalue weighted by Gasteiger charge is -2.42. The SMILES string of the molecule is C.CCc1cc(NC(=O)C(=O)N2C[C@@H](C)[C@@H](OC)C[C@@H]2c2ccc3scnc3c2)cnc1N.CCc1cc(NC(=O)C(=O)N2C[C@H](C)C(OC)C[C@H]2c2ccc3scnc3c2)cnc1N.CCc1cc(NC(=O)C(=O)N2C[C@H](C)[C@H](OC)C[C@H]2c2ccc3scnc3c2)cnc1N. The molecule has 0 bridgehead atoms. The minimum atomic E-state index is -0.693. The van der Waals surface area contributed by atoms with Gasteiger partial charge in [-0.2, -0.15) is 0 Å². The molecule has 12 rings (SSSR count). The fourth-order valence-corrected chi connectivity index (χ4v) is 14.8. The van der Waals surface area contributed by atoms with Gasteiger partial charge in [0.1, 0.15) is 17.5 Å². The lowest BCUT2D eigenvalue weighted by Crippen LogP contribution is -2.50. The average molecular weight is 1380 g/mol. The first-order valence-corrected chi connectivity index (χ1v) is 34.5. The molecule has 6 aromatic heterocycles. The van der Waals surface area contributed by atoms with Gasteiger partial charge < -0.3 is 62.1 Å². The Balaban J connectivity index is 0.000000170. The van der Waals surface area contributed by atoms with E-state index in [1.807, 2.05) is 96.1 Å². The molecule has 0 saturated carbocycles. The number of nitrogens with zero attached hydrogens (tertiary/aromatic N) is 9. The van der Waals surface area contributed by atoms with Crippen LogP contribution in [0.2, 0.25) is 0 Å². The van der Waals surface area contributed by atoms with E-state index in [4.69, 9.17) is 31.4 Å². The Bertz CT molecular complexity index is 3870. The molecule has 3 aliphatic heterocycles. The number of piperidine rings is 3. The van der Waals surface area contributed by atoms with Crippen molar-refractivity contribution < 1.29 is 43.0 Å². The molecule has 27 heteroatoms. The van der Waals surface area contributed by atoms with Crippen LogP contribution in [0.3, 0.4) is 0 Å². The molecule has 6 amide bonds. The number of carbonyl (C=O) groups is 6. The van der Waals surface area contributed by atoms with E-state index in [9.17, 15) is 28.8 Å². The highest BCUT2D eigenvalue weighted by atomic mass is 32.1. The van der Waals surface area contributed by atoms with Crippen molar-refractivity contribution in [2.75, 3.05) is 74.1 Å². The molecule has 9 atom stereocenters. The lowest BCUT2D eigenvalue weighted by atomic mass is 9.87. The molecule has 3 fully saturated rings. The zero-order chi connectivity index (χ0) is 68.5. The maximum Gasteiger partial charge on any atom is 0.313 e. The van der Waals surface area contributed by atoms with Gasteiger partial charge in [0.15, 0.2) is 0 Å². The van der Waals surface area contributed by atoms with Crippen molar-refractivity contribution in [2.45, 2.75) is 124 Å². The summed E-state index contributed by atoms with van der Waals surface area (Å²) in [4.78, 5) is 109. The van der Waals surface area contributed by atoms with Gasteiger partial charge in [0.2, 0.25) is 0 Å². The summed E-state index contributed by atoms with van der Waals surface area (Å²) >= 11 is 4.71. The third kappa shape index (κ3) is 16.5. The Morgan fingerprint density at radius 2 is 0.711 bits per heavy atom. The number of hydrogen-bond acceptors (Lipinski definition) is 21. The first-order valence-electron chi connectivity index (χ1n) is 31.9. The molecule has 3 aliphatic rings. The van der Waals surface area contributed by atoms with Crippen molar-refractivity contribution in [3.63, 3.8) is 0 Å². The van der Waals surface area contributed by atoms with Crippen molar-refractivity contribution in [1.82, 2.24) is 44.6 Å². The van der Waals surface area contributed by atoms with E-state index >= 15 is 0 Å². The van der Waals surface area contributed by atoms with Crippen molar-refractivity contribution in [3.8, 4) is 0 Å². The van der Waals surface area contributed by atoms with Crippen LogP contribution in [0.25, 0.3) is 30.6 Å². The number of benzene rings is 3. The Morgan fingerprint density at radius 1 is 0.443 bits per heavy atom. The molecular formula is C70H85N15O9S3. The molecule has 1 unspecified atom stereocenters. The molecule has 3 saturated heterocycles. The summed E-state index contributed by atoms with van der Waals surface area (Å²) in [5.74, 6) is -2.26. The number of anilines is 6. The number of nitrogens with one attached hydrogen (secondary N) is 3. The summed E-state index contributed by atoms with van der Waals surface area (Å²) < 4.78 is 20.3. The molecule has 0 spiro atoms. The van der Waals surface area contributed by atoms with E-state index in [0.29, 0.717) is 92.7 Å². The summed E-state index contributed by atoms with van der Waals surface area (Å²) in [6.07, 6.45) is 8.23. The van der Waals surface area contributed by atoms with E-state index in [2.05, 4.69) is 45.9 Å². The number of methoxy groups -OCH3 is 3. The van der Waals surface area contributed by atoms with Crippen molar-refractivity contribution in [1.29, 1.82) is 0 Å². The first kappa shape index (κ1) is 72.2. The van der Waals surface area contributed by atoms with Crippen LogP contribution in [0.4, 0.5) is 34.5 Å². The number of nitrogen functional groups attached to an aromatic ring is 3. The van der Waals surface area contributed by atoms with Crippen molar-refractivity contribution in [3.05, 3.63) is 141 Å². The van der Waals surface area contributed by atoms with Gasteiger partial charge in [-0.15, -0.1) is 34.0 Å². The number of aryl methyl sites for hydroxylation is 3. The number of fused-ring (bicyclic) bond motifs is 3. The van der Waals surface area contributed by atoms with Gasteiger partial charge in [-0.25, -0.2) is 29.9 Å². The van der Waals surface area contributed by atoms with Crippen LogP contribution in [-0.4, -0.2) is 139 Å². The Hall–Kier alpha value is -9.12. The Labute approximate surface area is 576 Å². The number of carbonyl (C=O) groups excluding carboxylic acids is 6. The first-order chi connectivity index (χ1) is 46.2. The van der Waals surface area contributed by atoms with Crippen LogP contribution >= 0.6 is 34.0 Å². The molecule has 97 heavy (non-hydrogen) atoms. The minimum absolute atomic E-state index is 0. The van der Waals surface area contributed by atoms with Gasteiger partial charge in [0.25, 0.3) is 0 Å². The quantitative estimate of drug-likeness (QED) is 0.0619. The fraction of sp³-hybridized carbons (Fsp3) is 0.400. The number of aromatic nitrogens is 6. The lowest BCUT2D eigenvalue weighted by molar-refractivity contribution is -0.149. The van der Waals surface area contributed by atoms with E-state index in [1.165, 1.54) is 18.6 Å². The maximum absolute atomic E-state index is 13.3. The summed E-state index contributed by atoms with van der Waals surface area (Å²) in [5, 5.41) is 8.07. The molecule has 512 valence electrons. The topological polar surface area (TPSA) is 331 Å². The van der Waals surface area contributed by atoms with Gasteiger partial charge in [-0.3, -0.25) is 28.8 Å². The van der Waals surface area contributed by atoms with Crippen LogP contribution in [-0.2, 0) is 62.2 Å². The predicted molar refractivity (Wildman–Crippen MR) is 383 cm³/mol. The average Bonchev–Trinajstić information content (AvgIpc) is 1.71. The summed E-state index contributed by atoms with van der Waals surface area (Å²) in [7, 11) is 5.06. The van der Waals surface area contributed by atoms with Crippen LogP contribution in [0, 0.1) is 17.8 Å². The number of rotatable bonds is 12. The molecule has 24 nitrogen and oxygen atoms in total. The van der Waals surface area contributed by atoms with Crippen molar-refractivity contribution in [2.24, 2.45) is 17.8 Å². The molecule has 0 aliphatic carbocycles. The molecule has 9 N–H and O–H groups in total. The number of nitrogens with two attached hydrogens (primary N) is 3. The monoisotopic (exact) mass is 1380 g/mol. The van der Waals surface area contributed by atoms with Gasteiger partial charge in [0.05, 0.1) is 119 Å². The minimum Gasteiger partial charge on any atom is -0.383 e. The highest BCUT2D eigenvalue weighted by Gasteiger charge is 2.42. The maximum atomic E-state index is 13.3. The molecule has 0 radical (unpaired) electrons. The highest BCUT2D eigenvalue weighted by Crippen LogP contribution is 2.40. The van der Waals surface area contributed by atoms with Crippen LogP contribution in [0.5, 0.6) is 0 Å². The Kier molecular flexibility index (Phi) is 24.0. The van der Waals surface area contributed by atoms with Crippen LogP contribution in [0.15, 0.2) is 108 Å². The van der Waals surface area contributed by atoms with E-state index in [0.717, 1.165) is 64.0 Å². The summed E-state index contributed by atoms with van der Waals surface area (Å²) in [6, 6.07) is 22.4. The third-order valence-corrected chi connectivity index (χ3v) is 20.7. The number of ether oxygens (including phenoxy) is 3. The number of thiazole rings is 3. The molecular weight excluding hydrogens is 1290 g/mol. The predicted octanol–water partition coefficient (Wildman–Crippen LogP) is 10.8. The second kappa shape index (κ2) is 32.3. The number of amides is 6. The second-order valence-electron chi connectivity index (χ2n) is 24.3. The molecule has 9 aromatic rings. The normalized spacial score (nSPS) is 20.8.